The van der Waals surface area contributed by atoms with E-state index in [9.17, 15) is 33.8 Å². The number of aldehydes is 1. The predicted octanol–water partition coefficient (Wildman–Crippen LogP) is 2.84. The average molecular weight is 380 g/mol. The largest absolute Gasteiger partial charge is 0.340 e. The maximum atomic E-state index is 14.2. The minimum atomic E-state index is -2.18. The molecule has 0 unspecified atom stereocenters. The van der Waals surface area contributed by atoms with E-state index in [4.69, 9.17) is 9.47 Å². The first-order valence-electron chi connectivity index (χ1n) is 7.46. The Morgan fingerprint density at radius 2 is 1.63 bits per heavy atom. The van der Waals surface area contributed by atoms with Crippen molar-refractivity contribution in [2.24, 2.45) is 0 Å². The summed E-state index contributed by atoms with van der Waals surface area (Å²) in [6.45, 7) is -0.200. The third kappa shape index (κ3) is 2.92. The van der Waals surface area contributed by atoms with Crippen molar-refractivity contribution in [3.63, 3.8) is 0 Å². The van der Waals surface area contributed by atoms with E-state index in [1.165, 1.54) is 0 Å². The van der Waals surface area contributed by atoms with E-state index in [-0.39, 0.29) is 30.6 Å². The van der Waals surface area contributed by atoms with Gasteiger partial charge in [-0.05, 0) is 24.3 Å². The van der Waals surface area contributed by atoms with E-state index in [2.05, 4.69) is 0 Å². The molecule has 140 valence electrons. The summed E-state index contributed by atoms with van der Waals surface area (Å²) in [4.78, 5) is 31.9. The Bertz CT molecular complexity index is 958. The Morgan fingerprint density at radius 3 is 2.19 bits per heavy atom. The van der Waals surface area contributed by atoms with Crippen molar-refractivity contribution < 1.29 is 32.9 Å². The number of nitro groups is 2. The molecular weight excluding hydrogens is 370 g/mol. The van der Waals surface area contributed by atoms with Crippen LogP contribution < -0.4 is 0 Å². The lowest BCUT2D eigenvalue weighted by Crippen LogP contribution is -2.31. The van der Waals surface area contributed by atoms with Gasteiger partial charge in [0.2, 0.25) is 17.4 Å². The molecule has 1 fully saturated rings. The number of hydrogen-bond acceptors (Lipinski definition) is 7. The lowest BCUT2D eigenvalue weighted by Gasteiger charge is -2.29. The molecule has 1 aliphatic heterocycles. The van der Waals surface area contributed by atoms with Crippen LogP contribution in [0.4, 0.5) is 20.2 Å². The second kappa shape index (κ2) is 6.78. The molecule has 0 saturated carbocycles. The zero-order valence-electron chi connectivity index (χ0n) is 13.4. The van der Waals surface area contributed by atoms with Crippen LogP contribution in [0.3, 0.4) is 0 Å². The lowest BCUT2D eigenvalue weighted by molar-refractivity contribution is -0.390. The number of halogens is 2. The molecule has 0 amide bonds. The molecule has 2 aromatic carbocycles. The number of carbonyl (C=O) groups is 1. The van der Waals surface area contributed by atoms with Gasteiger partial charge in [-0.2, -0.15) is 8.78 Å². The van der Waals surface area contributed by atoms with Gasteiger partial charge in [0.1, 0.15) is 5.56 Å². The van der Waals surface area contributed by atoms with Gasteiger partial charge in [-0.1, -0.05) is 0 Å². The monoisotopic (exact) mass is 380 g/mol. The highest BCUT2D eigenvalue weighted by Crippen LogP contribution is 2.45. The molecule has 1 aliphatic rings. The molecule has 11 heteroatoms. The van der Waals surface area contributed by atoms with Gasteiger partial charge in [-0.3, -0.25) is 25.0 Å². The summed E-state index contributed by atoms with van der Waals surface area (Å²) in [7, 11) is 0. The minimum absolute atomic E-state index is 0.100. The van der Waals surface area contributed by atoms with E-state index in [0.29, 0.717) is 0 Å². The van der Waals surface area contributed by atoms with Gasteiger partial charge in [0.05, 0.1) is 23.1 Å². The van der Waals surface area contributed by atoms with Crippen LogP contribution in [0.1, 0.15) is 21.5 Å². The fourth-order valence-corrected chi connectivity index (χ4v) is 2.93. The van der Waals surface area contributed by atoms with Gasteiger partial charge in [-0.15, -0.1) is 0 Å². The van der Waals surface area contributed by atoms with Crippen LogP contribution in [-0.2, 0) is 15.3 Å². The Morgan fingerprint density at radius 1 is 1.00 bits per heavy atom. The Hall–Kier alpha value is -3.31. The van der Waals surface area contributed by atoms with E-state index in [1.54, 1.807) is 0 Å². The third-order valence-corrected chi connectivity index (χ3v) is 4.02. The summed E-state index contributed by atoms with van der Waals surface area (Å²) >= 11 is 0. The number of nitrogens with zero attached hydrogens (tertiary/aromatic N) is 2. The number of nitro benzene ring substituents is 2. The lowest BCUT2D eigenvalue weighted by atomic mass is 9.91. The summed E-state index contributed by atoms with van der Waals surface area (Å²) < 4.78 is 38.9. The molecular formula is C16H10F2N2O7. The molecule has 27 heavy (non-hydrogen) atoms. The molecule has 9 nitrogen and oxygen atoms in total. The Labute approximate surface area is 149 Å². The molecule has 1 heterocycles. The van der Waals surface area contributed by atoms with Crippen LogP contribution in [0.15, 0.2) is 30.3 Å². The van der Waals surface area contributed by atoms with Gasteiger partial charge in [0.15, 0.2) is 6.29 Å². The second-order valence-electron chi connectivity index (χ2n) is 5.47. The smallest absolute Gasteiger partial charge is 0.314 e. The van der Waals surface area contributed by atoms with Crippen molar-refractivity contribution in [2.75, 3.05) is 13.2 Å². The van der Waals surface area contributed by atoms with Gasteiger partial charge in [0, 0.05) is 17.2 Å². The fraction of sp³-hybridized carbons (Fsp3) is 0.188. The van der Waals surface area contributed by atoms with Gasteiger partial charge < -0.3 is 9.47 Å². The normalized spacial score (nSPS) is 15.5. The molecule has 1 saturated heterocycles. The summed E-state index contributed by atoms with van der Waals surface area (Å²) in [5.41, 5.74) is -3.06. The molecule has 0 aliphatic carbocycles. The zero-order valence-corrected chi connectivity index (χ0v) is 13.4. The molecule has 0 atom stereocenters. The third-order valence-electron chi connectivity index (χ3n) is 4.02. The summed E-state index contributed by atoms with van der Waals surface area (Å²) in [6.07, 6.45) is 0.243. The maximum Gasteiger partial charge on any atom is 0.314 e. The maximum absolute atomic E-state index is 14.2. The number of hydrogen-bond donors (Lipinski definition) is 0. The van der Waals surface area contributed by atoms with Crippen LogP contribution in [0.2, 0.25) is 0 Å². The average Bonchev–Trinajstić information content (AvgIpc) is 3.12. The highest BCUT2D eigenvalue weighted by Gasteiger charge is 2.49. The number of benzene rings is 2. The molecule has 0 bridgehead atoms. The molecule has 2 aromatic rings. The summed E-state index contributed by atoms with van der Waals surface area (Å²) in [5.74, 6) is -4.59. The summed E-state index contributed by atoms with van der Waals surface area (Å²) in [5, 5.41) is 22.5. The first kappa shape index (κ1) is 18.5. The Kier molecular flexibility index (Phi) is 4.64. The van der Waals surface area contributed by atoms with Crippen LogP contribution in [0.25, 0.3) is 0 Å². The SMILES string of the molecule is O=Cc1ccc(F)c([N+](=O)[O-])c1C1(c2ccc(F)c([N+](=O)[O-])c2)OCCO1. The van der Waals surface area contributed by atoms with Gasteiger partial charge in [0.25, 0.3) is 0 Å². The molecule has 0 N–H and O–H groups in total. The van der Waals surface area contributed by atoms with Crippen molar-refractivity contribution in [1.29, 1.82) is 0 Å². The van der Waals surface area contributed by atoms with E-state index in [0.717, 1.165) is 30.3 Å². The zero-order chi connectivity index (χ0) is 19.8. The highest BCUT2D eigenvalue weighted by atomic mass is 19.1. The van der Waals surface area contributed by atoms with E-state index < -0.39 is 44.2 Å². The molecule has 0 aromatic heterocycles. The van der Waals surface area contributed by atoms with E-state index in [1.807, 2.05) is 0 Å². The fourth-order valence-electron chi connectivity index (χ4n) is 2.93. The summed E-state index contributed by atoms with van der Waals surface area (Å²) in [6, 6.07) is 4.31. The van der Waals surface area contributed by atoms with Crippen molar-refractivity contribution >= 4 is 17.7 Å². The molecule has 0 radical (unpaired) electrons. The van der Waals surface area contributed by atoms with E-state index >= 15 is 0 Å². The predicted molar refractivity (Wildman–Crippen MR) is 84.2 cm³/mol. The van der Waals surface area contributed by atoms with Crippen molar-refractivity contribution in [1.82, 2.24) is 0 Å². The molecule has 0 spiro atoms. The van der Waals surface area contributed by atoms with Gasteiger partial charge >= 0.3 is 11.4 Å². The first-order valence-corrected chi connectivity index (χ1v) is 7.46. The van der Waals surface area contributed by atoms with Crippen molar-refractivity contribution in [3.05, 3.63) is 78.9 Å². The van der Waals surface area contributed by atoms with Crippen LogP contribution in [0, 0.1) is 31.9 Å². The molecule has 3 rings (SSSR count). The minimum Gasteiger partial charge on any atom is -0.340 e. The highest BCUT2D eigenvalue weighted by molar-refractivity contribution is 5.81. The second-order valence-corrected chi connectivity index (χ2v) is 5.47. The van der Waals surface area contributed by atoms with Crippen LogP contribution in [-0.4, -0.2) is 29.3 Å². The van der Waals surface area contributed by atoms with Gasteiger partial charge in [-0.25, -0.2) is 0 Å². The number of rotatable bonds is 5. The first-order chi connectivity index (χ1) is 12.8. The van der Waals surface area contributed by atoms with Crippen LogP contribution in [0.5, 0.6) is 0 Å². The van der Waals surface area contributed by atoms with Crippen LogP contribution >= 0.6 is 0 Å². The Balaban J connectivity index is 2.37. The van der Waals surface area contributed by atoms with Crippen molar-refractivity contribution in [2.45, 2.75) is 5.79 Å². The topological polar surface area (TPSA) is 122 Å². The van der Waals surface area contributed by atoms with Crippen molar-refractivity contribution in [3.8, 4) is 0 Å². The quantitative estimate of drug-likeness (QED) is 0.444. The number of carbonyl (C=O) groups excluding carboxylic acids is 1. The number of ether oxygens (including phenoxy) is 2. The standard InChI is InChI=1S/C16H10F2N2O7/c17-11-4-2-10(7-13(11)19(22)23)16(26-5-6-27-16)14-9(8-21)1-3-12(18)15(14)20(24)25/h1-4,7-8H,5-6H2.